The molecule has 1 aliphatic carbocycles. The number of aromatic nitrogens is 2. The van der Waals surface area contributed by atoms with E-state index in [0.29, 0.717) is 5.52 Å². The quantitative estimate of drug-likeness (QED) is 0.773. The Morgan fingerprint density at radius 2 is 1.88 bits per heavy atom. The van der Waals surface area contributed by atoms with E-state index in [1.165, 1.54) is 4.57 Å². The second-order valence-electron chi connectivity index (χ2n) is 6.24. The number of fused-ring (bicyclic) bond motifs is 1. The summed E-state index contributed by atoms with van der Waals surface area (Å²) >= 11 is 6.16. The molecular weight excluding hydrogens is 348 g/mol. The first-order valence-electron chi connectivity index (χ1n) is 7.89. The summed E-state index contributed by atoms with van der Waals surface area (Å²) in [5.41, 5.74) is 6.23. The van der Waals surface area contributed by atoms with Crippen LogP contribution < -0.4 is 11.3 Å². The lowest BCUT2D eigenvalue weighted by molar-refractivity contribution is 0.563. The number of hydrogen-bond acceptors (Lipinski definition) is 3. The Labute approximate surface area is 146 Å². The van der Waals surface area contributed by atoms with E-state index in [0.717, 1.165) is 31.0 Å². The van der Waals surface area contributed by atoms with Gasteiger partial charge in [-0.2, -0.15) is 0 Å². The molecule has 1 heterocycles. The Balaban J connectivity index is 2.09. The van der Waals surface area contributed by atoms with Gasteiger partial charge in [0.15, 0.2) is 0 Å². The molecule has 1 saturated carbocycles. The van der Waals surface area contributed by atoms with Crippen LogP contribution in [0.3, 0.4) is 0 Å². The van der Waals surface area contributed by atoms with Gasteiger partial charge in [0, 0.05) is 6.07 Å². The molecule has 1 aliphatic rings. The third-order valence-corrected chi connectivity index (χ3v) is 4.72. The van der Waals surface area contributed by atoms with E-state index in [2.05, 4.69) is 4.98 Å². The van der Waals surface area contributed by atoms with Crippen molar-refractivity contribution < 1.29 is 8.78 Å². The Hall–Kier alpha value is -2.31. The molecule has 2 N–H and O–H groups in total. The van der Waals surface area contributed by atoms with Gasteiger partial charge in [-0.05, 0) is 43.0 Å². The molecule has 3 aromatic rings. The highest BCUT2D eigenvalue weighted by Gasteiger charge is 2.33. The van der Waals surface area contributed by atoms with E-state index >= 15 is 0 Å². The third-order valence-electron chi connectivity index (χ3n) is 4.41. The third kappa shape index (κ3) is 2.81. The minimum absolute atomic E-state index is 0.0444. The van der Waals surface area contributed by atoms with Gasteiger partial charge < -0.3 is 5.73 Å². The summed E-state index contributed by atoms with van der Waals surface area (Å²) in [6, 6.07) is 7.34. The van der Waals surface area contributed by atoms with Crippen molar-refractivity contribution in [1.29, 1.82) is 0 Å². The monoisotopic (exact) mass is 361 g/mol. The predicted octanol–water partition coefficient (Wildman–Crippen LogP) is 3.73. The van der Waals surface area contributed by atoms with Crippen molar-refractivity contribution in [2.24, 2.45) is 11.7 Å². The first-order chi connectivity index (χ1) is 12.0. The summed E-state index contributed by atoms with van der Waals surface area (Å²) in [5.74, 6) is -1.08. The number of nitrogens with two attached hydrogens (primary N) is 1. The second-order valence-corrected chi connectivity index (χ2v) is 6.64. The van der Waals surface area contributed by atoms with Gasteiger partial charge in [0.1, 0.15) is 17.5 Å². The molecule has 25 heavy (non-hydrogen) atoms. The molecular formula is C18H14ClF2N3O. The highest BCUT2D eigenvalue weighted by molar-refractivity contribution is 6.35. The highest BCUT2D eigenvalue weighted by atomic mass is 35.5. The molecule has 0 saturated heterocycles. The van der Waals surface area contributed by atoms with Gasteiger partial charge in [-0.15, -0.1) is 0 Å². The first-order valence-corrected chi connectivity index (χ1v) is 8.26. The molecule has 7 heteroatoms. The molecule has 2 aromatic carbocycles. The summed E-state index contributed by atoms with van der Waals surface area (Å²) in [4.78, 5) is 17.6. The Morgan fingerprint density at radius 3 is 2.52 bits per heavy atom. The van der Waals surface area contributed by atoms with Crippen molar-refractivity contribution in [3.8, 4) is 5.69 Å². The van der Waals surface area contributed by atoms with Crippen LogP contribution in [0.4, 0.5) is 8.78 Å². The summed E-state index contributed by atoms with van der Waals surface area (Å²) in [6.45, 7) is 0. The molecule has 0 aliphatic heterocycles. The summed E-state index contributed by atoms with van der Waals surface area (Å²) < 4.78 is 28.6. The van der Waals surface area contributed by atoms with Gasteiger partial charge in [0.25, 0.3) is 5.56 Å². The van der Waals surface area contributed by atoms with E-state index in [9.17, 15) is 13.6 Å². The van der Waals surface area contributed by atoms with Gasteiger partial charge in [0.2, 0.25) is 0 Å². The molecule has 0 spiro atoms. The maximum Gasteiger partial charge on any atom is 0.267 e. The standard InChI is InChI=1S/C18H14ClF2N3O/c19-13-2-1-3-14-15(13)18(25)24(12-7-10(20)6-11(21)8-12)17(23-14)16(22)9-4-5-9/h1-3,6-9,16H,4-5,22H2/t16-/m0/s1. The summed E-state index contributed by atoms with van der Waals surface area (Å²) in [5, 5.41) is 0.424. The fourth-order valence-electron chi connectivity index (χ4n) is 3.01. The number of halogens is 3. The number of benzene rings is 2. The Morgan fingerprint density at radius 1 is 1.20 bits per heavy atom. The maximum atomic E-state index is 13.7. The molecule has 1 atom stereocenters. The topological polar surface area (TPSA) is 60.9 Å². The SMILES string of the molecule is N[C@H](c1nc2cccc(Cl)c2c(=O)n1-c1cc(F)cc(F)c1)C1CC1. The normalized spacial score (nSPS) is 15.5. The van der Waals surface area contributed by atoms with E-state index in [-0.39, 0.29) is 27.8 Å². The zero-order valence-corrected chi connectivity index (χ0v) is 13.8. The number of nitrogens with zero attached hydrogens (tertiary/aromatic N) is 2. The highest BCUT2D eigenvalue weighted by Crippen LogP contribution is 2.39. The van der Waals surface area contributed by atoms with Crippen LogP contribution in [0.25, 0.3) is 16.6 Å². The summed E-state index contributed by atoms with van der Waals surface area (Å²) in [7, 11) is 0. The fourth-order valence-corrected chi connectivity index (χ4v) is 3.26. The zero-order valence-electron chi connectivity index (χ0n) is 13.0. The summed E-state index contributed by atoms with van der Waals surface area (Å²) in [6.07, 6.45) is 1.87. The van der Waals surface area contributed by atoms with Crippen molar-refractivity contribution >= 4 is 22.5 Å². The largest absolute Gasteiger partial charge is 0.321 e. The van der Waals surface area contributed by atoms with Gasteiger partial charge in [-0.3, -0.25) is 9.36 Å². The minimum Gasteiger partial charge on any atom is -0.321 e. The second kappa shape index (κ2) is 5.89. The zero-order chi connectivity index (χ0) is 17.7. The molecule has 4 rings (SSSR count). The average molecular weight is 362 g/mol. The fraction of sp³-hybridized carbons (Fsp3) is 0.222. The molecule has 0 radical (unpaired) electrons. The maximum absolute atomic E-state index is 13.7. The van der Waals surface area contributed by atoms with E-state index in [4.69, 9.17) is 17.3 Å². The lowest BCUT2D eigenvalue weighted by atomic mass is 10.1. The molecule has 1 aromatic heterocycles. The molecule has 0 bridgehead atoms. The molecule has 0 unspecified atom stereocenters. The lowest BCUT2D eigenvalue weighted by Crippen LogP contribution is -2.29. The van der Waals surface area contributed by atoms with Crippen LogP contribution in [0.15, 0.2) is 41.2 Å². The van der Waals surface area contributed by atoms with E-state index in [1.807, 2.05) is 0 Å². The van der Waals surface area contributed by atoms with Crippen molar-refractivity contribution in [3.63, 3.8) is 0 Å². The van der Waals surface area contributed by atoms with Crippen molar-refractivity contribution in [1.82, 2.24) is 9.55 Å². The van der Waals surface area contributed by atoms with Crippen LogP contribution in [0.5, 0.6) is 0 Å². The minimum atomic E-state index is -0.785. The van der Waals surface area contributed by atoms with Gasteiger partial charge in [-0.1, -0.05) is 17.7 Å². The first kappa shape index (κ1) is 16.2. The van der Waals surface area contributed by atoms with Crippen LogP contribution in [0.2, 0.25) is 5.02 Å². The van der Waals surface area contributed by atoms with Crippen LogP contribution >= 0.6 is 11.6 Å². The molecule has 1 fully saturated rings. The molecule has 4 nitrogen and oxygen atoms in total. The number of rotatable bonds is 3. The van der Waals surface area contributed by atoms with Gasteiger partial charge in [-0.25, -0.2) is 13.8 Å². The van der Waals surface area contributed by atoms with Gasteiger partial charge in [0.05, 0.1) is 27.7 Å². The van der Waals surface area contributed by atoms with Crippen LogP contribution in [-0.4, -0.2) is 9.55 Å². The van der Waals surface area contributed by atoms with Crippen molar-refractivity contribution in [2.45, 2.75) is 18.9 Å². The van der Waals surface area contributed by atoms with Crippen LogP contribution in [0.1, 0.15) is 24.7 Å². The number of hydrogen-bond donors (Lipinski definition) is 1. The average Bonchev–Trinajstić information content (AvgIpc) is 3.37. The lowest BCUT2D eigenvalue weighted by Gasteiger charge is -2.18. The van der Waals surface area contributed by atoms with Crippen molar-refractivity contribution in [2.75, 3.05) is 0 Å². The van der Waals surface area contributed by atoms with Crippen molar-refractivity contribution in [3.05, 3.63) is 69.2 Å². The van der Waals surface area contributed by atoms with Crippen LogP contribution in [-0.2, 0) is 0 Å². The van der Waals surface area contributed by atoms with Gasteiger partial charge >= 0.3 is 0 Å². The predicted molar refractivity (Wildman–Crippen MR) is 91.9 cm³/mol. The Kier molecular flexibility index (Phi) is 3.81. The Bertz CT molecular complexity index is 1030. The smallest absolute Gasteiger partial charge is 0.267 e. The van der Waals surface area contributed by atoms with E-state index < -0.39 is 23.2 Å². The van der Waals surface area contributed by atoms with Crippen LogP contribution in [0, 0.1) is 17.6 Å². The molecule has 128 valence electrons. The molecule has 0 amide bonds. The van der Waals surface area contributed by atoms with E-state index in [1.54, 1.807) is 18.2 Å².